The van der Waals surface area contributed by atoms with Gasteiger partial charge in [-0.2, -0.15) is 0 Å². The number of hydrogen-bond donors (Lipinski definition) is 0. The van der Waals surface area contributed by atoms with Gasteiger partial charge in [0.1, 0.15) is 12.4 Å². The number of aldehydes is 1. The number of esters is 1. The molecule has 5 heteroatoms. The second-order valence-corrected chi connectivity index (χ2v) is 9.66. The van der Waals surface area contributed by atoms with Crippen LogP contribution in [0.4, 0.5) is 0 Å². The van der Waals surface area contributed by atoms with E-state index in [1.807, 2.05) is 45.9 Å². The molecule has 5 nitrogen and oxygen atoms in total. The summed E-state index contributed by atoms with van der Waals surface area (Å²) in [5.74, 6) is 0.128. The number of rotatable bonds is 18. The fraction of sp³-hybridized carbons (Fsp3) is 0.667. The van der Waals surface area contributed by atoms with E-state index in [2.05, 4.69) is 33.4 Å². The van der Waals surface area contributed by atoms with Crippen LogP contribution in [-0.4, -0.2) is 44.8 Å². The Morgan fingerprint density at radius 2 is 1.71 bits per heavy atom. The molecule has 0 aromatic heterocycles. The maximum Gasteiger partial charge on any atom is 0.309 e. The third-order valence-electron chi connectivity index (χ3n) is 6.53. The molecule has 0 spiro atoms. The van der Waals surface area contributed by atoms with Crippen molar-refractivity contribution in [3.05, 3.63) is 47.6 Å². The van der Waals surface area contributed by atoms with Gasteiger partial charge in [-0.3, -0.25) is 4.79 Å². The van der Waals surface area contributed by atoms with Crippen molar-refractivity contribution >= 4 is 12.3 Å². The standard InChI is InChI=1S/C30H50O5/c1-11-15-27(33-9)26(12-2)24(7)20-25(8)29(35-30(32)21(3)4)28(34-10)18-13-16-22(5)23(6)17-14-19-31/h13,16,18-21,24,26-29H,6,11-12,14-15,17H2,1-5,7-10H3. The summed E-state index contributed by atoms with van der Waals surface area (Å²) in [7, 11) is 3.41. The molecule has 0 aromatic carbocycles. The molecule has 35 heavy (non-hydrogen) atoms. The molecule has 200 valence electrons. The van der Waals surface area contributed by atoms with Gasteiger partial charge in [-0.1, -0.05) is 83.9 Å². The Morgan fingerprint density at radius 3 is 2.20 bits per heavy atom. The highest BCUT2D eigenvalue weighted by molar-refractivity contribution is 5.72. The molecular formula is C30H50O5. The highest BCUT2D eigenvalue weighted by Gasteiger charge is 2.29. The highest BCUT2D eigenvalue weighted by Crippen LogP contribution is 2.28. The molecule has 0 rings (SSSR count). The Kier molecular flexibility index (Phi) is 17.3. The van der Waals surface area contributed by atoms with Crippen LogP contribution in [0.25, 0.3) is 0 Å². The third-order valence-corrected chi connectivity index (χ3v) is 6.53. The van der Waals surface area contributed by atoms with E-state index in [-0.39, 0.29) is 23.9 Å². The van der Waals surface area contributed by atoms with Gasteiger partial charge >= 0.3 is 5.97 Å². The first-order valence-corrected chi connectivity index (χ1v) is 13.0. The maximum atomic E-state index is 12.6. The van der Waals surface area contributed by atoms with Crippen LogP contribution in [0, 0.1) is 17.8 Å². The minimum absolute atomic E-state index is 0.194. The Balaban J connectivity index is 5.95. The summed E-state index contributed by atoms with van der Waals surface area (Å²) in [5, 5.41) is 0. The van der Waals surface area contributed by atoms with E-state index in [1.54, 1.807) is 14.2 Å². The molecule has 0 saturated carbocycles. The molecule has 0 N–H and O–H groups in total. The van der Waals surface area contributed by atoms with E-state index in [1.165, 1.54) is 0 Å². The first-order valence-electron chi connectivity index (χ1n) is 13.0. The quantitative estimate of drug-likeness (QED) is 0.0893. The number of ether oxygens (including phenoxy) is 3. The van der Waals surface area contributed by atoms with Gasteiger partial charge in [0, 0.05) is 20.6 Å². The summed E-state index contributed by atoms with van der Waals surface area (Å²) in [6.07, 6.45) is 12.3. The zero-order valence-electron chi connectivity index (χ0n) is 23.6. The van der Waals surface area contributed by atoms with Gasteiger partial charge in [-0.25, -0.2) is 0 Å². The fourth-order valence-corrected chi connectivity index (χ4v) is 4.24. The van der Waals surface area contributed by atoms with Crippen LogP contribution in [0.2, 0.25) is 0 Å². The van der Waals surface area contributed by atoms with Crippen molar-refractivity contribution in [2.24, 2.45) is 17.8 Å². The van der Waals surface area contributed by atoms with Gasteiger partial charge in [0.25, 0.3) is 0 Å². The lowest BCUT2D eigenvalue weighted by molar-refractivity contribution is -0.155. The Labute approximate surface area is 214 Å². The molecule has 0 aromatic rings. The van der Waals surface area contributed by atoms with E-state index in [4.69, 9.17) is 14.2 Å². The first kappa shape index (κ1) is 33.0. The largest absolute Gasteiger partial charge is 0.454 e. The van der Waals surface area contributed by atoms with Crippen LogP contribution in [0.15, 0.2) is 47.6 Å². The number of methoxy groups -OCH3 is 2. The van der Waals surface area contributed by atoms with Gasteiger partial charge in [-0.15, -0.1) is 0 Å². The van der Waals surface area contributed by atoms with Crippen molar-refractivity contribution in [3.8, 4) is 0 Å². The normalized spacial score (nSPS) is 17.2. The molecule has 5 atom stereocenters. The van der Waals surface area contributed by atoms with E-state index in [9.17, 15) is 9.59 Å². The van der Waals surface area contributed by atoms with Gasteiger partial charge in [-0.05, 0) is 49.7 Å². The first-order chi connectivity index (χ1) is 16.6. The SMILES string of the molecule is C=C(CCC=O)C(C)=CC=CC(OC)C(OC(=O)C(C)C)C(C)=CC(C)C(CC)C(CCC)OC. The lowest BCUT2D eigenvalue weighted by Crippen LogP contribution is -2.35. The molecule has 0 radical (unpaired) electrons. The van der Waals surface area contributed by atoms with Gasteiger partial charge in [0.05, 0.1) is 12.0 Å². The maximum absolute atomic E-state index is 12.6. The summed E-state index contributed by atoms with van der Waals surface area (Å²) in [6, 6.07) is 0. The molecule has 5 unspecified atom stereocenters. The van der Waals surface area contributed by atoms with E-state index >= 15 is 0 Å². The molecular weight excluding hydrogens is 440 g/mol. The van der Waals surface area contributed by atoms with E-state index < -0.39 is 12.2 Å². The minimum Gasteiger partial charge on any atom is -0.454 e. The predicted molar refractivity (Wildman–Crippen MR) is 145 cm³/mol. The summed E-state index contributed by atoms with van der Waals surface area (Å²) >= 11 is 0. The summed E-state index contributed by atoms with van der Waals surface area (Å²) in [6.45, 7) is 18.3. The van der Waals surface area contributed by atoms with Crippen molar-refractivity contribution < 1.29 is 23.8 Å². The lowest BCUT2D eigenvalue weighted by atomic mass is 9.83. The lowest BCUT2D eigenvalue weighted by Gasteiger charge is -2.31. The highest BCUT2D eigenvalue weighted by atomic mass is 16.6. The molecule has 0 aliphatic heterocycles. The molecule has 0 aliphatic carbocycles. The smallest absolute Gasteiger partial charge is 0.309 e. The molecule has 0 fully saturated rings. The number of carbonyl (C=O) groups is 2. The molecule has 0 heterocycles. The van der Waals surface area contributed by atoms with Crippen molar-refractivity contribution in [1.29, 1.82) is 0 Å². The van der Waals surface area contributed by atoms with Crippen molar-refractivity contribution in [3.63, 3.8) is 0 Å². The molecule has 0 amide bonds. The van der Waals surface area contributed by atoms with Crippen LogP contribution in [0.1, 0.15) is 80.6 Å². The zero-order valence-corrected chi connectivity index (χ0v) is 23.6. The van der Waals surface area contributed by atoms with Gasteiger partial charge < -0.3 is 19.0 Å². The van der Waals surface area contributed by atoms with Gasteiger partial charge in [0.15, 0.2) is 6.10 Å². The monoisotopic (exact) mass is 490 g/mol. The fourth-order valence-electron chi connectivity index (χ4n) is 4.24. The Hall–Kier alpha value is -1.98. The number of allylic oxidation sites excluding steroid dienone is 5. The third kappa shape index (κ3) is 12.0. The topological polar surface area (TPSA) is 61.8 Å². The average molecular weight is 491 g/mol. The molecule has 0 saturated heterocycles. The Morgan fingerprint density at radius 1 is 1.06 bits per heavy atom. The van der Waals surface area contributed by atoms with Crippen molar-refractivity contribution in [2.75, 3.05) is 14.2 Å². The predicted octanol–water partition coefficient (Wildman–Crippen LogP) is 7.03. The number of carbonyl (C=O) groups excluding carboxylic acids is 2. The van der Waals surface area contributed by atoms with Crippen LogP contribution in [0.5, 0.6) is 0 Å². The molecule has 0 bridgehead atoms. The van der Waals surface area contributed by atoms with Gasteiger partial charge in [0.2, 0.25) is 0 Å². The summed E-state index contributed by atoms with van der Waals surface area (Å²) < 4.78 is 17.5. The van der Waals surface area contributed by atoms with Crippen LogP contribution >= 0.6 is 0 Å². The summed E-state index contributed by atoms with van der Waals surface area (Å²) in [5.41, 5.74) is 2.89. The van der Waals surface area contributed by atoms with Crippen LogP contribution < -0.4 is 0 Å². The second-order valence-electron chi connectivity index (χ2n) is 9.66. The van der Waals surface area contributed by atoms with E-state index in [0.717, 1.165) is 42.3 Å². The minimum atomic E-state index is -0.537. The van der Waals surface area contributed by atoms with Crippen molar-refractivity contribution in [2.45, 2.75) is 98.9 Å². The number of hydrogen-bond acceptors (Lipinski definition) is 5. The van der Waals surface area contributed by atoms with Crippen LogP contribution in [-0.2, 0) is 23.8 Å². The average Bonchev–Trinajstić information content (AvgIpc) is 2.83. The zero-order chi connectivity index (χ0) is 27.0. The van der Waals surface area contributed by atoms with Crippen molar-refractivity contribution in [1.82, 2.24) is 0 Å². The Bertz CT molecular complexity index is 731. The summed E-state index contributed by atoms with van der Waals surface area (Å²) in [4.78, 5) is 23.2. The van der Waals surface area contributed by atoms with Crippen LogP contribution in [0.3, 0.4) is 0 Å². The van der Waals surface area contributed by atoms with E-state index in [0.29, 0.717) is 18.8 Å². The second kappa shape index (κ2) is 18.3. The molecule has 0 aliphatic rings.